The smallest absolute Gasteiger partial charge is 0.480 e. The quantitative estimate of drug-likeness (QED) is 0.461. The highest BCUT2D eigenvalue weighted by molar-refractivity contribution is 6.61. The van der Waals surface area contributed by atoms with E-state index in [9.17, 15) is 19.4 Å². The molecule has 0 spiro atoms. The Bertz CT molecular complexity index is 605. The van der Waals surface area contributed by atoms with Crippen LogP contribution in [0.25, 0.3) is 0 Å². The zero-order valence-electron chi connectivity index (χ0n) is 10.9. The molecule has 2 rings (SSSR count). The number of carbonyl (C=O) groups is 3. The largest absolute Gasteiger partial charge is 0.491 e. The summed E-state index contributed by atoms with van der Waals surface area (Å²) in [7, 11) is -1.10. The Hall–Kier alpha value is -2.39. The predicted octanol–water partition coefficient (Wildman–Crippen LogP) is -2.04. The molecule has 8 nitrogen and oxygen atoms in total. The summed E-state index contributed by atoms with van der Waals surface area (Å²) in [5.41, 5.74) is 6.31. The van der Waals surface area contributed by atoms with E-state index in [0.717, 1.165) is 5.56 Å². The highest BCUT2D eigenvalue weighted by Gasteiger charge is 2.29. The first kappa shape index (κ1) is 15.0. The van der Waals surface area contributed by atoms with E-state index in [1.807, 2.05) is 0 Å². The fourth-order valence-corrected chi connectivity index (χ4v) is 2.00. The molecule has 1 heterocycles. The first-order chi connectivity index (χ1) is 9.88. The summed E-state index contributed by atoms with van der Waals surface area (Å²) in [6.45, 7) is 0.248. The molecule has 1 atom stereocenters. The molecule has 2 amide bonds. The van der Waals surface area contributed by atoms with Gasteiger partial charge in [-0.05, 0) is 23.2 Å². The summed E-state index contributed by atoms with van der Waals surface area (Å²) in [5, 5.41) is 20.7. The Morgan fingerprint density at radius 2 is 2.14 bits per heavy atom. The zero-order valence-corrected chi connectivity index (χ0v) is 10.9. The standard InChI is InChI=1S/C12H13BN2O6/c14-10(16)4-9(12(18)19)15-11(17)6-1-2-7-5-21-13(20)8(7)3-6/h1-3,9,20H,4-5H2,(H2,14,16)(H,15,17)(H,18,19). The fourth-order valence-electron chi connectivity index (χ4n) is 2.00. The van der Waals surface area contributed by atoms with Crippen molar-refractivity contribution >= 4 is 30.4 Å². The summed E-state index contributed by atoms with van der Waals surface area (Å²) in [5.74, 6) is -2.86. The highest BCUT2D eigenvalue weighted by atomic mass is 16.5. The number of carboxylic acids is 1. The Morgan fingerprint density at radius 1 is 1.43 bits per heavy atom. The van der Waals surface area contributed by atoms with Crippen LogP contribution in [0.15, 0.2) is 18.2 Å². The third-order valence-corrected chi connectivity index (χ3v) is 3.08. The van der Waals surface area contributed by atoms with Gasteiger partial charge < -0.3 is 25.8 Å². The van der Waals surface area contributed by atoms with Crippen LogP contribution in [0.5, 0.6) is 0 Å². The molecule has 1 aromatic rings. The maximum absolute atomic E-state index is 12.0. The molecule has 5 N–H and O–H groups in total. The summed E-state index contributed by atoms with van der Waals surface area (Å²) in [6, 6.07) is 3.12. The zero-order chi connectivity index (χ0) is 15.6. The summed E-state index contributed by atoms with van der Waals surface area (Å²) >= 11 is 0. The third kappa shape index (κ3) is 3.39. The minimum atomic E-state index is -1.40. The van der Waals surface area contributed by atoms with E-state index >= 15 is 0 Å². The summed E-state index contributed by atoms with van der Waals surface area (Å²) in [4.78, 5) is 33.7. The lowest BCUT2D eigenvalue weighted by molar-refractivity contribution is -0.140. The molecule has 1 aromatic carbocycles. The number of benzene rings is 1. The van der Waals surface area contributed by atoms with Gasteiger partial charge in [0, 0.05) is 5.56 Å². The van der Waals surface area contributed by atoms with Gasteiger partial charge in [0.1, 0.15) is 6.04 Å². The minimum Gasteiger partial charge on any atom is -0.480 e. The van der Waals surface area contributed by atoms with Crippen LogP contribution in [0.2, 0.25) is 0 Å². The van der Waals surface area contributed by atoms with Gasteiger partial charge in [0.2, 0.25) is 5.91 Å². The monoisotopic (exact) mass is 292 g/mol. The summed E-state index contributed by atoms with van der Waals surface area (Å²) in [6.07, 6.45) is -0.502. The van der Waals surface area contributed by atoms with Crippen molar-refractivity contribution < 1.29 is 29.2 Å². The predicted molar refractivity (Wildman–Crippen MR) is 71.5 cm³/mol. The van der Waals surface area contributed by atoms with E-state index in [1.165, 1.54) is 12.1 Å². The van der Waals surface area contributed by atoms with Crippen molar-refractivity contribution in [2.45, 2.75) is 19.1 Å². The number of nitrogens with two attached hydrogens (primary N) is 1. The lowest BCUT2D eigenvalue weighted by Gasteiger charge is -2.13. The van der Waals surface area contributed by atoms with Gasteiger partial charge in [0.25, 0.3) is 5.91 Å². The van der Waals surface area contributed by atoms with Gasteiger partial charge in [-0.3, -0.25) is 9.59 Å². The SMILES string of the molecule is NC(=O)CC(NC(=O)c1ccc2c(c1)B(O)OC2)C(=O)O. The molecule has 0 bridgehead atoms. The van der Waals surface area contributed by atoms with Crippen molar-refractivity contribution in [3.8, 4) is 0 Å². The molecule has 0 fully saturated rings. The number of carbonyl (C=O) groups excluding carboxylic acids is 2. The molecule has 21 heavy (non-hydrogen) atoms. The Morgan fingerprint density at radius 3 is 2.76 bits per heavy atom. The molecule has 0 saturated carbocycles. The molecule has 0 radical (unpaired) electrons. The normalized spacial score (nSPS) is 14.4. The molecular weight excluding hydrogens is 279 g/mol. The number of carboxylic acid groups (broad SMARTS) is 1. The average Bonchev–Trinajstić information content (AvgIpc) is 2.78. The van der Waals surface area contributed by atoms with Crippen LogP contribution < -0.4 is 16.5 Å². The van der Waals surface area contributed by atoms with Crippen LogP contribution in [-0.2, 0) is 20.9 Å². The van der Waals surface area contributed by atoms with Crippen molar-refractivity contribution in [3.05, 3.63) is 29.3 Å². The molecule has 0 saturated heterocycles. The average molecular weight is 292 g/mol. The number of nitrogens with one attached hydrogen (secondary N) is 1. The van der Waals surface area contributed by atoms with Gasteiger partial charge in [-0.1, -0.05) is 6.07 Å². The van der Waals surface area contributed by atoms with E-state index in [4.69, 9.17) is 15.5 Å². The first-order valence-electron chi connectivity index (χ1n) is 6.13. The minimum absolute atomic E-state index is 0.161. The molecular formula is C12H13BN2O6. The Labute approximate surface area is 120 Å². The first-order valence-corrected chi connectivity index (χ1v) is 6.13. The molecule has 1 unspecified atom stereocenters. The third-order valence-electron chi connectivity index (χ3n) is 3.08. The number of fused-ring (bicyclic) bond motifs is 1. The van der Waals surface area contributed by atoms with Crippen molar-refractivity contribution in [1.82, 2.24) is 5.32 Å². The number of hydrogen-bond donors (Lipinski definition) is 4. The second-order valence-corrected chi connectivity index (χ2v) is 4.61. The maximum Gasteiger partial charge on any atom is 0.491 e. The second kappa shape index (κ2) is 5.94. The summed E-state index contributed by atoms with van der Waals surface area (Å²) < 4.78 is 5.00. The molecule has 0 aliphatic carbocycles. The van der Waals surface area contributed by atoms with Crippen molar-refractivity contribution in [1.29, 1.82) is 0 Å². The fraction of sp³-hybridized carbons (Fsp3) is 0.250. The molecule has 0 aromatic heterocycles. The van der Waals surface area contributed by atoms with Gasteiger partial charge in [0.05, 0.1) is 13.0 Å². The van der Waals surface area contributed by atoms with Gasteiger partial charge >= 0.3 is 13.1 Å². The van der Waals surface area contributed by atoms with Crippen LogP contribution in [-0.4, -0.2) is 41.1 Å². The number of primary amides is 1. The molecule has 9 heteroatoms. The van der Waals surface area contributed by atoms with Crippen LogP contribution in [0.3, 0.4) is 0 Å². The van der Waals surface area contributed by atoms with Gasteiger partial charge in [-0.25, -0.2) is 4.79 Å². The molecule has 1 aliphatic rings. The van der Waals surface area contributed by atoms with E-state index in [0.29, 0.717) is 5.46 Å². The number of rotatable bonds is 5. The van der Waals surface area contributed by atoms with E-state index in [2.05, 4.69) is 5.32 Å². The van der Waals surface area contributed by atoms with E-state index in [-0.39, 0.29) is 12.2 Å². The van der Waals surface area contributed by atoms with Gasteiger partial charge in [-0.2, -0.15) is 0 Å². The van der Waals surface area contributed by atoms with E-state index in [1.54, 1.807) is 6.07 Å². The van der Waals surface area contributed by atoms with E-state index < -0.39 is 37.4 Å². The lowest BCUT2D eigenvalue weighted by atomic mass is 9.79. The lowest BCUT2D eigenvalue weighted by Crippen LogP contribution is -2.43. The highest BCUT2D eigenvalue weighted by Crippen LogP contribution is 2.11. The molecule has 1 aliphatic heterocycles. The maximum atomic E-state index is 12.0. The van der Waals surface area contributed by atoms with Gasteiger partial charge in [0.15, 0.2) is 0 Å². The van der Waals surface area contributed by atoms with Gasteiger partial charge in [-0.15, -0.1) is 0 Å². The van der Waals surface area contributed by atoms with Crippen molar-refractivity contribution in [2.24, 2.45) is 5.73 Å². The number of amides is 2. The second-order valence-electron chi connectivity index (χ2n) is 4.61. The number of hydrogen-bond acceptors (Lipinski definition) is 5. The topological polar surface area (TPSA) is 139 Å². The Kier molecular flexibility index (Phi) is 4.25. The van der Waals surface area contributed by atoms with Crippen molar-refractivity contribution in [3.63, 3.8) is 0 Å². The molecule has 110 valence electrons. The van der Waals surface area contributed by atoms with Crippen LogP contribution in [0, 0.1) is 0 Å². The van der Waals surface area contributed by atoms with Crippen LogP contribution >= 0.6 is 0 Å². The van der Waals surface area contributed by atoms with Crippen molar-refractivity contribution in [2.75, 3.05) is 0 Å². The van der Waals surface area contributed by atoms with Crippen LogP contribution in [0.4, 0.5) is 0 Å². The van der Waals surface area contributed by atoms with Crippen LogP contribution in [0.1, 0.15) is 22.3 Å². The Balaban J connectivity index is 2.14. The number of aliphatic carboxylic acids is 1.